The van der Waals surface area contributed by atoms with Gasteiger partial charge in [0.15, 0.2) is 5.82 Å². The molecule has 5 heteroatoms. The lowest BCUT2D eigenvalue weighted by Crippen LogP contribution is -2.39. The first kappa shape index (κ1) is 18.0. The average Bonchev–Trinajstić information content (AvgIpc) is 2.79. The van der Waals surface area contributed by atoms with Crippen molar-refractivity contribution >= 4 is 11.9 Å². The van der Waals surface area contributed by atoms with Gasteiger partial charge in [0.05, 0.1) is 11.8 Å². The van der Waals surface area contributed by atoms with Crippen LogP contribution in [0.15, 0.2) is 18.2 Å². The van der Waals surface area contributed by atoms with Crippen molar-refractivity contribution in [2.75, 3.05) is 18.0 Å². The molecule has 5 nitrogen and oxygen atoms in total. The van der Waals surface area contributed by atoms with Gasteiger partial charge < -0.3 is 10.6 Å². The van der Waals surface area contributed by atoms with Crippen LogP contribution in [0.5, 0.6) is 0 Å². The molecule has 2 N–H and O–H groups in total. The summed E-state index contributed by atoms with van der Waals surface area (Å²) in [6.07, 6.45) is 5.73. The van der Waals surface area contributed by atoms with E-state index in [9.17, 15) is 0 Å². The van der Waals surface area contributed by atoms with E-state index in [2.05, 4.69) is 37.3 Å². The summed E-state index contributed by atoms with van der Waals surface area (Å²) in [5, 5.41) is 13.5. The minimum absolute atomic E-state index is 0.431. The second-order valence-electron chi connectivity index (χ2n) is 5.38. The number of hydrogen-bond acceptors (Lipinski definition) is 4. The van der Waals surface area contributed by atoms with Crippen LogP contribution in [0.1, 0.15) is 37.9 Å². The van der Waals surface area contributed by atoms with Crippen molar-refractivity contribution in [1.29, 1.82) is 5.26 Å². The van der Waals surface area contributed by atoms with Gasteiger partial charge in [-0.3, -0.25) is 4.68 Å². The Labute approximate surface area is 133 Å². The highest BCUT2D eigenvalue weighted by molar-refractivity contribution is 5.62. The maximum atomic E-state index is 8.81. The van der Waals surface area contributed by atoms with Crippen molar-refractivity contribution in [3.05, 3.63) is 29.5 Å². The zero-order valence-electron chi connectivity index (χ0n) is 14.1. The highest BCUT2D eigenvalue weighted by Gasteiger charge is 2.21. The van der Waals surface area contributed by atoms with E-state index in [1.165, 1.54) is 0 Å². The summed E-state index contributed by atoms with van der Waals surface area (Å²) in [5.41, 5.74) is 8.31. The van der Waals surface area contributed by atoms with Crippen molar-refractivity contribution in [1.82, 2.24) is 9.78 Å². The number of hydrogen-bond donors (Lipinski definition) is 1. The Morgan fingerprint density at radius 3 is 2.64 bits per heavy atom. The van der Waals surface area contributed by atoms with E-state index in [0.717, 1.165) is 36.5 Å². The van der Waals surface area contributed by atoms with Crippen LogP contribution in [0.2, 0.25) is 0 Å². The molecule has 0 fully saturated rings. The van der Waals surface area contributed by atoms with Crippen molar-refractivity contribution in [2.45, 2.75) is 39.7 Å². The summed E-state index contributed by atoms with van der Waals surface area (Å²) in [7, 11) is 1.92. The quantitative estimate of drug-likeness (QED) is 0.592. The first-order valence-electron chi connectivity index (χ1n) is 7.77. The van der Waals surface area contributed by atoms with Gasteiger partial charge in [-0.05, 0) is 31.9 Å². The van der Waals surface area contributed by atoms with Crippen molar-refractivity contribution in [3.63, 3.8) is 0 Å². The molecule has 0 saturated heterocycles. The monoisotopic (exact) mass is 301 g/mol. The maximum Gasteiger partial charge on any atom is 0.154 e. The lowest BCUT2D eigenvalue weighted by Gasteiger charge is -2.30. The predicted molar refractivity (Wildman–Crippen MR) is 92.5 cm³/mol. The minimum Gasteiger partial charge on any atom is -0.351 e. The molecule has 1 aromatic rings. The third kappa shape index (κ3) is 3.99. The number of nitrogens with two attached hydrogens (primary N) is 1. The number of allylic oxidation sites excluding steroid dienone is 2. The van der Waals surface area contributed by atoms with Gasteiger partial charge in [-0.15, -0.1) is 0 Å². The Hall–Kier alpha value is -2.06. The predicted octanol–water partition coefficient (Wildman–Crippen LogP) is 2.78. The molecule has 0 radical (unpaired) electrons. The van der Waals surface area contributed by atoms with E-state index in [4.69, 9.17) is 11.0 Å². The van der Waals surface area contributed by atoms with Crippen molar-refractivity contribution in [2.24, 2.45) is 12.8 Å². The second kappa shape index (κ2) is 8.40. The molecule has 0 bridgehead atoms. The Kier molecular flexibility index (Phi) is 6.87. The van der Waals surface area contributed by atoms with Gasteiger partial charge in [0.1, 0.15) is 0 Å². The summed E-state index contributed by atoms with van der Waals surface area (Å²) in [6, 6.07) is 2.46. The van der Waals surface area contributed by atoms with Crippen LogP contribution < -0.4 is 10.6 Å². The number of anilines is 1. The van der Waals surface area contributed by atoms with E-state index in [1.54, 1.807) is 6.08 Å². The van der Waals surface area contributed by atoms with E-state index >= 15 is 0 Å². The van der Waals surface area contributed by atoms with E-state index in [-0.39, 0.29) is 0 Å². The molecule has 22 heavy (non-hydrogen) atoms. The smallest absolute Gasteiger partial charge is 0.154 e. The molecule has 0 aromatic carbocycles. The summed E-state index contributed by atoms with van der Waals surface area (Å²) >= 11 is 0. The fraction of sp³-hybridized carbons (Fsp3) is 0.529. The summed E-state index contributed by atoms with van der Waals surface area (Å²) in [4.78, 5) is 2.30. The SMILES string of the molecule is C=C(C#N)/C=C\c1c(C)c(N(CCN)C(CC)CC)nn1C. The van der Waals surface area contributed by atoms with E-state index in [1.807, 2.05) is 23.9 Å². The van der Waals surface area contributed by atoms with Crippen LogP contribution in [-0.2, 0) is 7.05 Å². The molecule has 0 spiro atoms. The fourth-order valence-corrected chi connectivity index (χ4v) is 2.68. The number of rotatable bonds is 8. The molecule has 0 unspecified atom stereocenters. The molecule has 120 valence electrons. The Morgan fingerprint density at radius 1 is 1.50 bits per heavy atom. The van der Waals surface area contributed by atoms with E-state index < -0.39 is 0 Å². The Bertz CT molecular complexity index is 573. The topological polar surface area (TPSA) is 70.9 Å². The van der Waals surface area contributed by atoms with E-state index in [0.29, 0.717) is 18.2 Å². The van der Waals surface area contributed by atoms with Crippen LogP contribution in [0.3, 0.4) is 0 Å². The zero-order valence-corrected chi connectivity index (χ0v) is 14.1. The molecule has 0 atom stereocenters. The highest BCUT2D eigenvalue weighted by Crippen LogP contribution is 2.26. The number of nitriles is 1. The molecular weight excluding hydrogens is 274 g/mol. The van der Waals surface area contributed by atoms with Crippen LogP contribution >= 0.6 is 0 Å². The van der Waals surface area contributed by atoms with Crippen LogP contribution in [0, 0.1) is 18.3 Å². The molecule has 0 aliphatic carbocycles. The van der Waals surface area contributed by atoms with Gasteiger partial charge in [-0.25, -0.2) is 0 Å². The Morgan fingerprint density at radius 2 is 2.14 bits per heavy atom. The minimum atomic E-state index is 0.431. The van der Waals surface area contributed by atoms with Crippen LogP contribution in [0.25, 0.3) is 6.08 Å². The van der Waals surface area contributed by atoms with Gasteiger partial charge >= 0.3 is 0 Å². The zero-order chi connectivity index (χ0) is 16.7. The van der Waals surface area contributed by atoms with Gasteiger partial charge in [-0.1, -0.05) is 20.4 Å². The molecule has 0 amide bonds. The van der Waals surface area contributed by atoms with Gasteiger partial charge in [0, 0.05) is 37.3 Å². The molecule has 1 aromatic heterocycles. The lowest BCUT2D eigenvalue weighted by atomic mass is 10.1. The third-order valence-corrected chi connectivity index (χ3v) is 3.92. The van der Waals surface area contributed by atoms with Gasteiger partial charge in [0.25, 0.3) is 0 Å². The molecule has 0 aliphatic heterocycles. The first-order valence-corrected chi connectivity index (χ1v) is 7.77. The molecular formula is C17H27N5. The summed E-state index contributed by atoms with van der Waals surface area (Å²) in [5.74, 6) is 0.976. The standard InChI is InChI=1S/C17H27N5/c1-6-15(7-2)22(11-10-18)17-14(4)16(21(5)20-17)9-8-13(3)12-19/h8-9,15H,3,6-7,10-11,18H2,1-2,4-5H3/b9-8-. The number of aromatic nitrogens is 2. The molecule has 0 aliphatic rings. The van der Waals surface area contributed by atoms with Crippen LogP contribution in [-0.4, -0.2) is 28.9 Å². The molecule has 1 rings (SSSR count). The third-order valence-electron chi connectivity index (χ3n) is 3.92. The lowest BCUT2D eigenvalue weighted by molar-refractivity contribution is 0.549. The largest absolute Gasteiger partial charge is 0.351 e. The van der Waals surface area contributed by atoms with Crippen molar-refractivity contribution < 1.29 is 0 Å². The average molecular weight is 301 g/mol. The van der Waals surface area contributed by atoms with Gasteiger partial charge in [0.2, 0.25) is 0 Å². The summed E-state index contributed by atoms with van der Waals surface area (Å²) < 4.78 is 1.84. The van der Waals surface area contributed by atoms with Gasteiger partial charge in [-0.2, -0.15) is 10.4 Å². The van der Waals surface area contributed by atoms with Crippen molar-refractivity contribution in [3.8, 4) is 6.07 Å². The fourth-order valence-electron chi connectivity index (χ4n) is 2.68. The second-order valence-corrected chi connectivity index (χ2v) is 5.38. The molecule has 0 saturated carbocycles. The number of nitrogens with zero attached hydrogens (tertiary/aromatic N) is 4. The first-order chi connectivity index (χ1) is 10.5. The highest BCUT2D eigenvalue weighted by atomic mass is 15.4. The molecule has 1 heterocycles. The maximum absolute atomic E-state index is 8.81. The Balaban J connectivity index is 3.22. The summed E-state index contributed by atoms with van der Waals surface area (Å²) in [6.45, 7) is 11.5. The van der Waals surface area contributed by atoms with Crippen LogP contribution in [0.4, 0.5) is 5.82 Å². The number of aryl methyl sites for hydroxylation is 1. The normalized spacial score (nSPS) is 11.1.